The summed E-state index contributed by atoms with van der Waals surface area (Å²) in [5, 5.41) is 0. The smallest absolute Gasteiger partial charge is 0.289 e. The Morgan fingerprint density at radius 1 is 1.33 bits per heavy atom. The number of halogens is 3. The maximum Gasteiger partial charge on any atom is 0.416 e. The van der Waals surface area contributed by atoms with Gasteiger partial charge in [-0.15, -0.1) is 0 Å². The van der Waals surface area contributed by atoms with E-state index in [1.54, 1.807) is 0 Å². The molecule has 15 heavy (non-hydrogen) atoms. The molecular weight excluding hydrogens is 205 g/mol. The van der Waals surface area contributed by atoms with Crippen LogP contribution in [0.1, 0.15) is 16.7 Å². The summed E-state index contributed by atoms with van der Waals surface area (Å²) in [7, 11) is 0. The fourth-order valence-electron chi connectivity index (χ4n) is 1.17. The molecule has 0 N–H and O–H groups in total. The summed E-state index contributed by atoms with van der Waals surface area (Å²) in [5.41, 5.74) is -0.188. The lowest BCUT2D eigenvalue weighted by molar-refractivity contribution is -0.138. The van der Waals surface area contributed by atoms with Gasteiger partial charge in [0.2, 0.25) is 0 Å². The standard InChI is InChI=1S/C11H7F3O/c1-8-7-9(3-2-6-15)4-5-10(8)11(12,13)14/h4-7H,1H3. The van der Waals surface area contributed by atoms with E-state index < -0.39 is 11.7 Å². The molecule has 0 aliphatic carbocycles. The highest BCUT2D eigenvalue weighted by molar-refractivity contribution is 5.74. The Morgan fingerprint density at radius 3 is 2.47 bits per heavy atom. The van der Waals surface area contributed by atoms with Gasteiger partial charge < -0.3 is 0 Å². The third-order valence-corrected chi connectivity index (χ3v) is 1.81. The fraction of sp³-hybridized carbons (Fsp3) is 0.182. The number of benzene rings is 1. The van der Waals surface area contributed by atoms with Gasteiger partial charge in [0.15, 0.2) is 6.29 Å². The fourth-order valence-corrected chi connectivity index (χ4v) is 1.17. The third-order valence-electron chi connectivity index (χ3n) is 1.81. The highest BCUT2D eigenvalue weighted by Crippen LogP contribution is 2.31. The van der Waals surface area contributed by atoms with E-state index in [0.29, 0.717) is 11.8 Å². The van der Waals surface area contributed by atoms with Crippen molar-refractivity contribution in [1.29, 1.82) is 0 Å². The number of alkyl halides is 3. The van der Waals surface area contributed by atoms with Gasteiger partial charge in [-0.2, -0.15) is 13.2 Å². The minimum absolute atomic E-state index is 0.0974. The van der Waals surface area contributed by atoms with E-state index in [1.165, 1.54) is 19.1 Å². The van der Waals surface area contributed by atoms with Crippen molar-refractivity contribution in [2.75, 3.05) is 0 Å². The van der Waals surface area contributed by atoms with Gasteiger partial charge in [-0.1, -0.05) is 5.92 Å². The van der Waals surface area contributed by atoms with E-state index in [1.807, 2.05) is 0 Å². The van der Waals surface area contributed by atoms with Gasteiger partial charge in [-0.3, -0.25) is 4.79 Å². The SMILES string of the molecule is Cc1cc(C#CC=O)ccc1C(F)(F)F. The Hall–Kier alpha value is -1.76. The van der Waals surface area contributed by atoms with Crippen molar-refractivity contribution >= 4 is 6.29 Å². The largest absolute Gasteiger partial charge is 0.416 e. The second kappa shape index (κ2) is 4.18. The van der Waals surface area contributed by atoms with Crippen LogP contribution >= 0.6 is 0 Å². The first-order chi connectivity index (χ1) is 6.95. The molecule has 1 aromatic rings. The van der Waals surface area contributed by atoms with Crippen LogP contribution in [0.25, 0.3) is 0 Å². The first-order valence-corrected chi connectivity index (χ1v) is 4.08. The van der Waals surface area contributed by atoms with E-state index in [0.717, 1.165) is 6.07 Å². The number of hydrogen-bond acceptors (Lipinski definition) is 1. The van der Waals surface area contributed by atoms with Crippen LogP contribution in [0.5, 0.6) is 0 Å². The zero-order chi connectivity index (χ0) is 11.5. The average Bonchev–Trinajstić information content (AvgIpc) is 2.12. The van der Waals surface area contributed by atoms with Gasteiger partial charge in [0.25, 0.3) is 0 Å². The quantitative estimate of drug-likeness (QED) is 0.477. The lowest BCUT2D eigenvalue weighted by Crippen LogP contribution is -2.07. The molecule has 0 fully saturated rings. The van der Waals surface area contributed by atoms with Gasteiger partial charge in [-0.05, 0) is 36.6 Å². The summed E-state index contributed by atoms with van der Waals surface area (Å²) in [6, 6.07) is 3.51. The number of rotatable bonds is 0. The monoisotopic (exact) mass is 212 g/mol. The zero-order valence-electron chi connectivity index (χ0n) is 7.85. The van der Waals surface area contributed by atoms with Crippen molar-refractivity contribution in [3.63, 3.8) is 0 Å². The van der Waals surface area contributed by atoms with Crippen LogP contribution in [0.4, 0.5) is 13.2 Å². The number of aryl methyl sites for hydroxylation is 1. The predicted octanol–water partition coefficient (Wildman–Crippen LogP) is 2.56. The summed E-state index contributed by atoms with van der Waals surface area (Å²) in [4.78, 5) is 9.94. The van der Waals surface area contributed by atoms with E-state index in [4.69, 9.17) is 0 Å². The van der Waals surface area contributed by atoms with Gasteiger partial charge in [0, 0.05) is 5.56 Å². The van der Waals surface area contributed by atoms with E-state index in [2.05, 4.69) is 11.8 Å². The minimum atomic E-state index is -4.35. The highest BCUT2D eigenvalue weighted by Gasteiger charge is 2.31. The van der Waals surface area contributed by atoms with E-state index in [-0.39, 0.29) is 5.56 Å². The first kappa shape index (κ1) is 11.3. The van der Waals surface area contributed by atoms with Crippen LogP contribution in [-0.2, 0) is 11.0 Å². The number of aldehydes is 1. The summed E-state index contributed by atoms with van der Waals surface area (Å²) in [6.45, 7) is 1.36. The molecule has 0 radical (unpaired) electrons. The molecule has 0 aromatic heterocycles. The molecule has 0 unspecified atom stereocenters. The van der Waals surface area contributed by atoms with Crippen LogP contribution in [0.15, 0.2) is 18.2 Å². The molecule has 0 saturated heterocycles. The topological polar surface area (TPSA) is 17.1 Å². The third kappa shape index (κ3) is 2.84. The Morgan fingerprint density at radius 2 is 2.00 bits per heavy atom. The summed E-state index contributed by atoms with van der Waals surface area (Å²) >= 11 is 0. The Balaban J connectivity index is 3.14. The van der Waals surface area contributed by atoms with Crippen LogP contribution in [0.2, 0.25) is 0 Å². The molecule has 78 valence electrons. The lowest BCUT2D eigenvalue weighted by Gasteiger charge is -2.09. The van der Waals surface area contributed by atoms with Crippen LogP contribution in [0.3, 0.4) is 0 Å². The van der Waals surface area contributed by atoms with Crippen molar-refractivity contribution in [3.05, 3.63) is 34.9 Å². The van der Waals surface area contributed by atoms with Gasteiger partial charge in [0.1, 0.15) is 0 Å². The van der Waals surface area contributed by atoms with E-state index in [9.17, 15) is 18.0 Å². The Labute approximate surface area is 84.9 Å². The normalized spacial score (nSPS) is 10.4. The predicted molar refractivity (Wildman–Crippen MR) is 49.1 cm³/mol. The molecular formula is C11H7F3O. The number of carbonyl (C=O) groups is 1. The summed E-state index contributed by atoms with van der Waals surface area (Å²) < 4.78 is 37.0. The molecule has 4 heteroatoms. The second-order valence-corrected chi connectivity index (χ2v) is 2.91. The molecule has 0 spiro atoms. The highest BCUT2D eigenvalue weighted by atomic mass is 19.4. The van der Waals surface area contributed by atoms with Crippen LogP contribution in [-0.4, -0.2) is 6.29 Å². The average molecular weight is 212 g/mol. The maximum absolute atomic E-state index is 12.3. The summed E-state index contributed by atoms with van der Waals surface area (Å²) in [6.07, 6.45) is -3.95. The maximum atomic E-state index is 12.3. The number of carbonyl (C=O) groups excluding carboxylic acids is 1. The zero-order valence-corrected chi connectivity index (χ0v) is 7.85. The van der Waals surface area contributed by atoms with Crippen molar-refractivity contribution in [1.82, 2.24) is 0 Å². The van der Waals surface area contributed by atoms with E-state index >= 15 is 0 Å². The molecule has 1 aromatic carbocycles. The molecule has 0 atom stereocenters. The molecule has 0 bridgehead atoms. The molecule has 1 nitrogen and oxygen atoms in total. The number of hydrogen-bond donors (Lipinski definition) is 0. The molecule has 0 aliphatic heterocycles. The van der Waals surface area contributed by atoms with Crippen molar-refractivity contribution in [2.45, 2.75) is 13.1 Å². The second-order valence-electron chi connectivity index (χ2n) is 2.91. The molecule has 1 rings (SSSR count). The van der Waals surface area contributed by atoms with Crippen LogP contribution in [0, 0.1) is 18.8 Å². The van der Waals surface area contributed by atoms with Crippen molar-refractivity contribution < 1.29 is 18.0 Å². The summed E-state index contributed by atoms with van der Waals surface area (Å²) in [5.74, 6) is 4.57. The Kier molecular flexibility index (Phi) is 3.15. The van der Waals surface area contributed by atoms with Gasteiger partial charge in [0.05, 0.1) is 5.56 Å². The molecule has 0 heterocycles. The minimum Gasteiger partial charge on any atom is -0.289 e. The van der Waals surface area contributed by atoms with Crippen LogP contribution < -0.4 is 0 Å². The Bertz CT molecular complexity index is 435. The van der Waals surface area contributed by atoms with Crippen molar-refractivity contribution in [3.8, 4) is 11.8 Å². The lowest BCUT2D eigenvalue weighted by atomic mass is 10.1. The first-order valence-electron chi connectivity index (χ1n) is 4.08. The van der Waals surface area contributed by atoms with Gasteiger partial charge in [-0.25, -0.2) is 0 Å². The van der Waals surface area contributed by atoms with Gasteiger partial charge >= 0.3 is 6.18 Å². The molecule has 0 amide bonds. The molecule has 0 saturated carbocycles. The molecule has 0 aliphatic rings. The van der Waals surface area contributed by atoms with Crippen molar-refractivity contribution in [2.24, 2.45) is 0 Å².